The van der Waals surface area contributed by atoms with Crippen molar-refractivity contribution in [2.45, 2.75) is 27.7 Å². The molecule has 0 aliphatic heterocycles. The summed E-state index contributed by atoms with van der Waals surface area (Å²) in [5.41, 5.74) is 0.826. The van der Waals surface area contributed by atoms with Crippen molar-refractivity contribution in [3.05, 3.63) is 42.3 Å². The Labute approximate surface area is 97.0 Å². The van der Waals surface area contributed by atoms with Gasteiger partial charge >= 0.3 is 0 Å². The molecular formula is C12H17W-. The molecule has 0 aromatic heterocycles. The van der Waals surface area contributed by atoms with Crippen molar-refractivity contribution in [1.82, 2.24) is 0 Å². The molecule has 1 aromatic carbocycles. The van der Waals surface area contributed by atoms with Crippen molar-refractivity contribution in [3.8, 4) is 5.92 Å². The molecule has 0 amide bonds. The van der Waals surface area contributed by atoms with E-state index in [1.165, 1.54) is 0 Å². The van der Waals surface area contributed by atoms with Crippen LogP contribution in [0.5, 0.6) is 0 Å². The van der Waals surface area contributed by atoms with Gasteiger partial charge in [0.15, 0.2) is 0 Å². The third kappa shape index (κ3) is 11.5. The number of hydrogen-bond donors (Lipinski definition) is 0. The summed E-state index contributed by atoms with van der Waals surface area (Å²) < 4.78 is 0. The van der Waals surface area contributed by atoms with Gasteiger partial charge in [0.05, 0.1) is 0 Å². The van der Waals surface area contributed by atoms with Gasteiger partial charge in [-0.2, -0.15) is 0 Å². The summed E-state index contributed by atoms with van der Waals surface area (Å²) in [6.45, 7) is 8.00. The number of rotatable bonds is 0. The van der Waals surface area contributed by atoms with Crippen LogP contribution in [0.2, 0.25) is 0 Å². The van der Waals surface area contributed by atoms with Crippen molar-refractivity contribution < 1.29 is 21.1 Å². The van der Waals surface area contributed by atoms with Crippen molar-refractivity contribution in [3.63, 3.8) is 0 Å². The van der Waals surface area contributed by atoms with E-state index in [2.05, 4.69) is 5.92 Å². The monoisotopic (exact) mass is 345 g/mol. The summed E-state index contributed by atoms with van der Waals surface area (Å²) in [5.74, 6) is 2.28. The van der Waals surface area contributed by atoms with Crippen LogP contribution in [-0.2, 0) is 21.1 Å². The predicted molar refractivity (Wildman–Crippen MR) is 55.4 cm³/mol. The number of hydrogen-bond acceptors (Lipinski definition) is 0. The summed E-state index contributed by atoms with van der Waals surface area (Å²) in [4.78, 5) is 0. The standard InChI is InChI=1S/C8H5.2C2H6.W/c1-2-8-6-4-3-5-7-8;2*1-2;/h3-7H;2*1-2H3;/q-1;;;. The van der Waals surface area contributed by atoms with Crippen LogP contribution < -0.4 is 0 Å². The first-order valence-electron chi connectivity index (χ1n) is 4.41. The van der Waals surface area contributed by atoms with E-state index in [-0.39, 0.29) is 21.1 Å². The second-order valence-corrected chi connectivity index (χ2v) is 1.49. The fourth-order valence-corrected chi connectivity index (χ4v) is 0.521. The molecular weight excluding hydrogens is 328 g/mol. The third-order valence-electron chi connectivity index (χ3n) is 0.918. The van der Waals surface area contributed by atoms with Crippen LogP contribution in [0.25, 0.3) is 0 Å². The SMILES string of the molecule is CC.CC.[C-]#Cc1ccccc1.[W]. The Morgan fingerprint density at radius 3 is 1.54 bits per heavy atom. The Bertz CT molecular complexity index is 196. The molecule has 0 atom stereocenters. The normalized spacial score (nSPS) is 5.77. The van der Waals surface area contributed by atoms with Crippen LogP contribution in [0, 0.1) is 12.3 Å². The van der Waals surface area contributed by atoms with Gasteiger partial charge in [0.25, 0.3) is 0 Å². The molecule has 1 heteroatoms. The summed E-state index contributed by atoms with van der Waals surface area (Å²) in [6.07, 6.45) is 6.69. The summed E-state index contributed by atoms with van der Waals surface area (Å²) in [7, 11) is 0. The van der Waals surface area contributed by atoms with E-state index in [1.807, 2.05) is 58.0 Å². The van der Waals surface area contributed by atoms with Gasteiger partial charge in [-0.3, -0.25) is 5.92 Å². The van der Waals surface area contributed by atoms with Crippen molar-refractivity contribution in [2.75, 3.05) is 0 Å². The molecule has 13 heavy (non-hydrogen) atoms. The molecule has 72 valence electrons. The van der Waals surface area contributed by atoms with E-state index >= 15 is 0 Å². The van der Waals surface area contributed by atoms with Gasteiger partial charge in [-0.05, 0) is 0 Å². The molecule has 0 heterocycles. The largest absolute Gasteiger partial charge is 0.366 e. The van der Waals surface area contributed by atoms with Crippen molar-refractivity contribution >= 4 is 0 Å². The second-order valence-electron chi connectivity index (χ2n) is 1.49. The average Bonchev–Trinajstić information content (AvgIpc) is 2.25. The van der Waals surface area contributed by atoms with E-state index in [0.717, 1.165) is 5.56 Å². The fraction of sp³-hybridized carbons (Fsp3) is 0.333. The maximum absolute atomic E-state index is 6.69. The first kappa shape index (κ1) is 18.3. The first-order valence-corrected chi connectivity index (χ1v) is 4.41. The van der Waals surface area contributed by atoms with Crippen LogP contribution in [0.4, 0.5) is 0 Å². The second kappa shape index (κ2) is 17.5. The molecule has 0 N–H and O–H groups in total. The van der Waals surface area contributed by atoms with Gasteiger partial charge in [0.1, 0.15) is 0 Å². The Hall–Kier alpha value is -0.532. The fourth-order valence-electron chi connectivity index (χ4n) is 0.521. The van der Waals surface area contributed by atoms with E-state index in [9.17, 15) is 0 Å². The summed E-state index contributed by atoms with van der Waals surface area (Å²) >= 11 is 0. The van der Waals surface area contributed by atoms with Crippen LogP contribution in [0.1, 0.15) is 33.3 Å². The topological polar surface area (TPSA) is 0 Å². The minimum absolute atomic E-state index is 0. The molecule has 0 aliphatic carbocycles. The van der Waals surface area contributed by atoms with Gasteiger partial charge in [0.2, 0.25) is 0 Å². The Balaban J connectivity index is -0.000000178. The minimum atomic E-state index is 0. The van der Waals surface area contributed by atoms with E-state index in [4.69, 9.17) is 6.42 Å². The Morgan fingerprint density at radius 2 is 1.31 bits per heavy atom. The predicted octanol–water partition coefficient (Wildman–Crippen LogP) is 3.67. The quantitative estimate of drug-likeness (QED) is 0.497. The summed E-state index contributed by atoms with van der Waals surface area (Å²) in [5, 5.41) is 0. The van der Waals surface area contributed by atoms with Crippen LogP contribution in [-0.4, -0.2) is 0 Å². The molecule has 0 spiro atoms. The Kier molecular flexibility index (Phi) is 24.7. The molecule has 0 saturated heterocycles. The summed E-state index contributed by atoms with van der Waals surface area (Å²) in [6, 6.07) is 9.37. The molecule has 0 fully saturated rings. The Morgan fingerprint density at radius 1 is 0.923 bits per heavy atom. The molecule has 0 radical (unpaired) electrons. The zero-order valence-electron chi connectivity index (χ0n) is 8.79. The van der Waals surface area contributed by atoms with Gasteiger partial charge < -0.3 is 6.42 Å². The van der Waals surface area contributed by atoms with Crippen LogP contribution >= 0.6 is 0 Å². The molecule has 0 saturated carbocycles. The molecule has 0 nitrogen and oxygen atoms in total. The van der Waals surface area contributed by atoms with Crippen LogP contribution in [0.3, 0.4) is 0 Å². The van der Waals surface area contributed by atoms with Gasteiger partial charge in [-0.15, -0.1) is 17.7 Å². The maximum Gasteiger partial charge on any atom is 0 e. The van der Waals surface area contributed by atoms with Crippen molar-refractivity contribution in [1.29, 1.82) is 0 Å². The van der Waals surface area contributed by atoms with Crippen LogP contribution in [0.15, 0.2) is 30.3 Å². The minimum Gasteiger partial charge on any atom is -0.366 e. The number of benzene rings is 1. The average molecular weight is 345 g/mol. The molecule has 0 aliphatic rings. The van der Waals surface area contributed by atoms with Gasteiger partial charge in [-0.1, -0.05) is 45.9 Å². The smallest absolute Gasteiger partial charge is 0 e. The van der Waals surface area contributed by atoms with Gasteiger partial charge in [0, 0.05) is 21.1 Å². The zero-order chi connectivity index (χ0) is 9.82. The van der Waals surface area contributed by atoms with E-state index in [1.54, 1.807) is 0 Å². The molecule has 1 aromatic rings. The zero-order valence-corrected chi connectivity index (χ0v) is 11.7. The molecule has 0 unspecified atom stereocenters. The van der Waals surface area contributed by atoms with Crippen molar-refractivity contribution in [2.24, 2.45) is 0 Å². The third-order valence-corrected chi connectivity index (χ3v) is 0.918. The maximum atomic E-state index is 6.69. The van der Waals surface area contributed by atoms with E-state index in [0.29, 0.717) is 0 Å². The molecule has 0 bridgehead atoms. The first-order chi connectivity index (χ1) is 5.93. The van der Waals surface area contributed by atoms with Gasteiger partial charge in [-0.25, -0.2) is 0 Å². The molecule has 1 rings (SSSR count). The van der Waals surface area contributed by atoms with E-state index < -0.39 is 0 Å².